The molecule has 0 bridgehead atoms. The SMILES string of the molecule is Cc1ccc(S[C@H](c2ccccn2)C(C)C)cc1. The van der Waals surface area contributed by atoms with Gasteiger partial charge < -0.3 is 0 Å². The first-order chi connectivity index (χ1) is 8.66. The molecule has 0 N–H and O–H groups in total. The Hall–Kier alpha value is -1.28. The van der Waals surface area contributed by atoms with Crippen molar-refractivity contribution in [1.29, 1.82) is 0 Å². The van der Waals surface area contributed by atoms with Crippen molar-refractivity contribution in [2.24, 2.45) is 5.92 Å². The standard InChI is InChI=1S/C16H19NS/c1-12(2)16(15-6-4-5-11-17-15)18-14-9-7-13(3)8-10-14/h4-12,16H,1-3H3/t16-/m0/s1. The second kappa shape index (κ2) is 6.05. The highest BCUT2D eigenvalue weighted by atomic mass is 32.2. The van der Waals surface area contributed by atoms with Gasteiger partial charge in [-0.15, -0.1) is 11.8 Å². The van der Waals surface area contributed by atoms with Gasteiger partial charge in [0.1, 0.15) is 0 Å². The number of hydrogen-bond acceptors (Lipinski definition) is 2. The fourth-order valence-corrected chi connectivity index (χ4v) is 2.96. The second-order valence-corrected chi connectivity index (χ2v) is 6.07. The summed E-state index contributed by atoms with van der Waals surface area (Å²) in [5.74, 6) is 0.561. The fraction of sp³-hybridized carbons (Fsp3) is 0.312. The van der Waals surface area contributed by atoms with Crippen LogP contribution in [0, 0.1) is 12.8 Å². The second-order valence-electron chi connectivity index (χ2n) is 4.85. The van der Waals surface area contributed by atoms with Crippen molar-refractivity contribution >= 4 is 11.8 Å². The van der Waals surface area contributed by atoms with E-state index in [1.807, 2.05) is 24.0 Å². The van der Waals surface area contributed by atoms with Gasteiger partial charge in [0, 0.05) is 11.1 Å². The van der Waals surface area contributed by atoms with E-state index in [4.69, 9.17) is 0 Å². The number of thioether (sulfide) groups is 1. The van der Waals surface area contributed by atoms with Gasteiger partial charge in [-0.2, -0.15) is 0 Å². The minimum Gasteiger partial charge on any atom is -0.260 e. The summed E-state index contributed by atoms with van der Waals surface area (Å²) in [6.45, 7) is 6.62. The van der Waals surface area contributed by atoms with Gasteiger partial charge in [-0.25, -0.2) is 0 Å². The molecule has 0 spiro atoms. The molecule has 0 saturated heterocycles. The summed E-state index contributed by atoms with van der Waals surface area (Å²) in [5, 5.41) is 0.411. The van der Waals surface area contributed by atoms with Gasteiger partial charge in [-0.05, 0) is 37.1 Å². The Labute approximate surface area is 114 Å². The van der Waals surface area contributed by atoms with Crippen molar-refractivity contribution in [2.75, 3.05) is 0 Å². The molecule has 94 valence electrons. The lowest BCUT2D eigenvalue weighted by Crippen LogP contribution is -2.04. The number of benzene rings is 1. The lowest BCUT2D eigenvalue weighted by Gasteiger charge is -2.19. The van der Waals surface area contributed by atoms with Crippen LogP contribution in [0.5, 0.6) is 0 Å². The predicted octanol–water partition coefficient (Wildman–Crippen LogP) is 4.88. The molecule has 1 nitrogen and oxygen atoms in total. The lowest BCUT2D eigenvalue weighted by atomic mass is 10.1. The van der Waals surface area contributed by atoms with Crippen LogP contribution in [0.3, 0.4) is 0 Å². The maximum Gasteiger partial charge on any atom is 0.0540 e. The smallest absolute Gasteiger partial charge is 0.0540 e. The van der Waals surface area contributed by atoms with Crippen LogP contribution < -0.4 is 0 Å². The minimum atomic E-state index is 0.411. The normalized spacial score (nSPS) is 12.7. The molecule has 2 rings (SSSR count). The summed E-state index contributed by atoms with van der Waals surface area (Å²) in [5.41, 5.74) is 2.47. The van der Waals surface area contributed by atoms with Crippen molar-refractivity contribution in [1.82, 2.24) is 4.98 Å². The summed E-state index contributed by atoms with van der Waals surface area (Å²) in [6.07, 6.45) is 1.88. The predicted molar refractivity (Wildman–Crippen MR) is 78.9 cm³/mol. The fourth-order valence-electron chi connectivity index (χ4n) is 1.85. The van der Waals surface area contributed by atoms with Crippen molar-refractivity contribution in [3.63, 3.8) is 0 Å². The number of rotatable bonds is 4. The van der Waals surface area contributed by atoms with E-state index in [-0.39, 0.29) is 0 Å². The van der Waals surface area contributed by atoms with E-state index in [9.17, 15) is 0 Å². The molecular formula is C16H19NS. The molecule has 2 heteroatoms. The topological polar surface area (TPSA) is 12.9 Å². The van der Waals surface area contributed by atoms with Gasteiger partial charge in [0.15, 0.2) is 0 Å². The third-order valence-electron chi connectivity index (χ3n) is 2.87. The molecule has 1 aromatic heterocycles. The maximum atomic E-state index is 4.49. The first-order valence-corrected chi connectivity index (χ1v) is 7.19. The Bertz CT molecular complexity index is 476. The Morgan fingerprint density at radius 3 is 2.28 bits per heavy atom. The van der Waals surface area contributed by atoms with E-state index in [1.165, 1.54) is 10.5 Å². The summed E-state index contributed by atoms with van der Waals surface area (Å²) < 4.78 is 0. The van der Waals surface area contributed by atoms with Gasteiger partial charge in [0.25, 0.3) is 0 Å². The van der Waals surface area contributed by atoms with Crippen molar-refractivity contribution in [3.05, 3.63) is 59.9 Å². The average molecular weight is 257 g/mol. The third-order valence-corrected chi connectivity index (χ3v) is 4.45. The largest absolute Gasteiger partial charge is 0.260 e. The zero-order valence-corrected chi connectivity index (χ0v) is 11.9. The van der Waals surface area contributed by atoms with Crippen LogP contribution >= 0.6 is 11.8 Å². The third kappa shape index (κ3) is 3.36. The molecular weight excluding hydrogens is 238 g/mol. The first-order valence-electron chi connectivity index (χ1n) is 6.31. The van der Waals surface area contributed by atoms with E-state index < -0.39 is 0 Å². The van der Waals surface area contributed by atoms with Gasteiger partial charge in [-0.3, -0.25) is 4.98 Å². The summed E-state index contributed by atoms with van der Waals surface area (Å²) in [4.78, 5) is 5.80. The Morgan fingerprint density at radius 1 is 1.00 bits per heavy atom. The average Bonchev–Trinajstić information content (AvgIpc) is 2.38. The molecule has 0 aliphatic rings. The highest BCUT2D eigenvalue weighted by Crippen LogP contribution is 2.39. The molecule has 0 radical (unpaired) electrons. The van der Waals surface area contributed by atoms with Crippen molar-refractivity contribution in [3.8, 4) is 0 Å². The van der Waals surface area contributed by atoms with Crippen LogP contribution in [0.2, 0.25) is 0 Å². The molecule has 1 heterocycles. The van der Waals surface area contributed by atoms with Crippen LogP contribution in [0.4, 0.5) is 0 Å². The number of aromatic nitrogens is 1. The molecule has 1 aromatic carbocycles. The first kappa shape index (κ1) is 13.2. The number of nitrogens with zero attached hydrogens (tertiary/aromatic N) is 1. The van der Waals surface area contributed by atoms with Crippen LogP contribution in [0.25, 0.3) is 0 Å². The van der Waals surface area contributed by atoms with Gasteiger partial charge in [0.05, 0.1) is 10.9 Å². The van der Waals surface area contributed by atoms with E-state index in [2.05, 4.69) is 62.2 Å². The zero-order valence-electron chi connectivity index (χ0n) is 11.1. The van der Waals surface area contributed by atoms with Gasteiger partial charge >= 0.3 is 0 Å². The molecule has 0 unspecified atom stereocenters. The molecule has 18 heavy (non-hydrogen) atoms. The van der Waals surface area contributed by atoms with E-state index in [0.717, 1.165) is 5.69 Å². The van der Waals surface area contributed by atoms with Crippen LogP contribution in [0.1, 0.15) is 30.4 Å². The van der Waals surface area contributed by atoms with Gasteiger partial charge in [0.2, 0.25) is 0 Å². The summed E-state index contributed by atoms with van der Waals surface area (Å²) >= 11 is 1.90. The number of pyridine rings is 1. The Balaban J connectivity index is 2.19. The minimum absolute atomic E-state index is 0.411. The number of hydrogen-bond donors (Lipinski definition) is 0. The van der Waals surface area contributed by atoms with E-state index in [1.54, 1.807) is 0 Å². The highest BCUT2D eigenvalue weighted by Gasteiger charge is 2.18. The molecule has 0 amide bonds. The molecule has 1 atom stereocenters. The highest BCUT2D eigenvalue weighted by molar-refractivity contribution is 7.99. The zero-order chi connectivity index (χ0) is 13.0. The summed E-state index contributed by atoms with van der Waals surface area (Å²) in [7, 11) is 0. The Morgan fingerprint density at radius 2 is 1.72 bits per heavy atom. The molecule has 0 aliphatic heterocycles. The van der Waals surface area contributed by atoms with Crippen molar-refractivity contribution < 1.29 is 0 Å². The maximum absolute atomic E-state index is 4.49. The van der Waals surface area contributed by atoms with E-state index in [0.29, 0.717) is 11.2 Å². The van der Waals surface area contributed by atoms with Crippen LogP contribution in [-0.4, -0.2) is 4.98 Å². The molecule has 0 aliphatic carbocycles. The molecule has 2 aromatic rings. The van der Waals surface area contributed by atoms with Crippen LogP contribution in [-0.2, 0) is 0 Å². The number of aryl methyl sites for hydroxylation is 1. The molecule has 0 saturated carbocycles. The Kier molecular flexibility index (Phi) is 4.43. The van der Waals surface area contributed by atoms with E-state index >= 15 is 0 Å². The van der Waals surface area contributed by atoms with Crippen molar-refractivity contribution in [2.45, 2.75) is 30.9 Å². The summed E-state index contributed by atoms with van der Waals surface area (Å²) in [6, 6.07) is 14.9. The van der Waals surface area contributed by atoms with Crippen LogP contribution in [0.15, 0.2) is 53.6 Å². The lowest BCUT2D eigenvalue weighted by molar-refractivity contribution is 0.620. The quantitative estimate of drug-likeness (QED) is 0.724. The monoisotopic (exact) mass is 257 g/mol. The molecule has 0 fully saturated rings. The van der Waals surface area contributed by atoms with Gasteiger partial charge in [-0.1, -0.05) is 37.6 Å².